The minimum absolute atomic E-state index is 0.546. The van der Waals surface area contributed by atoms with Crippen molar-refractivity contribution in [2.75, 3.05) is 23.5 Å². The molecular weight excluding hydrogens is 258 g/mol. The van der Waals surface area contributed by atoms with Crippen molar-refractivity contribution in [1.29, 1.82) is 0 Å². The van der Waals surface area contributed by atoms with E-state index in [1.165, 1.54) is 18.2 Å². The van der Waals surface area contributed by atoms with Gasteiger partial charge in [-0.1, -0.05) is 11.6 Å². The Hall–Kier alpha value is -1.42. The summed E-state index contributed by atoms with van der Waals surface area (Å²) in [7, 11) is 2.10. The van der Waals surface area contributed by atoms with Crippen LogP contribution in [0.1, 0.15) is 17.5 Å². The number of nitrogens with zero attached hydrogens (tertiary/aromatic N) is 1. The number of rotatable bonds is 4. The van der Waals surface area contributed by atoms with E-state index in [1.54, 1.807) is 6.08 Å². The van der Waals surface area contributed by atoms with Gasteiger partial charge in [0.25, 0.3) is 0 Å². The first-order valence-corrected chi connectivity index (χ1v) is 7.55. The van der Waals surface area contributed by atoms with E-state index in [-0.39, 0.29) is 0 Å². The van der Waals surface area contributed by atoms with Gasteiger partial charge in [0.1, 0.15) is 0 Å². The van der Waals surface area contributed by atoms with Crippen molar-refractivity contribution in [2.45, 2.75) is 19.4 Å². The Morgan fingerprint density at radius 3 is 2.95 bits per heavy atom. The summed E-state index contributed by atoms with van der Waals surface area (Å²) in [6.45, 7) is 2.02. The third kappa shape index (κ3) is 3.53. The molecule has 0 bridgehead atoms. The third-order valence-corrected chi connectivity index (χ3v) is 4.57. The Morgan fingerprint density at radius 2 is 2.32 bits per heavy atom. The average molecular weight is 277 g/mol. The highest BCUT2D eigenvalue weighted by Crippen LogP contribution is 2.29. The molecule has 0 spiro atoms. The van der Waals surface area contributed by atoms with Crippen LogP contribution >= 0.6 is 11.8 Å². The van der Waals surface area contributed by atoms with Crippen molar-refractivity contribution in [3.8, 4) is 0 Å². The second-order valence-corrected chi connectivity index (χ2v) is 6.01. The van der Waals surface area contributed by atoms with Crippen LogP contribution in [-0.4, -0.2) is 35.7 Å². The zero-order valence-corrected chi connectivity index (χ0v) is 12.1. The molecule has 0 aliphatic carbocycles. The molecule has 1 aromatic rings. The molecule has 1 heterocycles. The van der Waals surface area contributed by atoms with Gasteiger partial charge in [-0.2, -0.15) is 11.8 Å². The quantitative estimate of drug-likeness (QED) is 0.859. The van der Waals surface area contributed by atoms with Crippen LogP contribution in [0.3, 0.4) is 0 Å². The fourth-order valence-corrected chi connectivity index (χ4v) is 3.58. The standard InChI is InChI=1S/C15H19NO2S/c1-11-3-5-14(12(9-11)4-6-15(17)18)16(2)13-7-8-19-10-13/h3-6,9,13H,7-8,10H2,1-2H3,(H,17,18)/b6-4+. The second kappa shape index (κ2) is 6.15. The Bertz CT molecular complexity index is 493. The molecular formula is C15H19NO2S. The van der Waals surface area contributed by atoms with E-state index in [2.05, 4.69) is 24.1 Å². The zero-order chi connectivity index (χ0) is 13.8. The number of hydrogen-bond donors (Lipinski definition) is 1. The van der Waals surface area contributed by atoms with Gasteiger partial charge in [-0.25, -0.2) is 4.79 Å². The summed E-state index contributed by atoms with van der Waals surface area (Å²) in [5.41, 5.74) is 3.22. The van der Waals surface area contributed by atoms with Crippen molar-refractivity contribution in [3.63, 3.8) is 0 Å². The maximum atomic E-state index is 10.7. The molecule has 102 valence electrons. The van der Waals surface area contributed by atoms with Crippen molar-refractivity contribution in [2.24, 2.45) is 0 Å². The number of aryl methyl sites for hydroxylation is 1. The maximum Gasteiger partial charge on any atom is 0.328 e. The Balaban J connectivity index is 2.30. The van der Waals surface area contributed by atoms with Crippen LogP contribution in [0.15, 0.2) is 24.3 Å². The van der Waals surface area contributed by atoms with Crippen LogP contribution in [-0.2, 0) is 4.79 Å². The number of thioether (sulfide) groups is 1. The van der Waals surface area contributed by atoms with E-state index < -0.39 is 5.97 Å². The minimum atomic E-state index is -0.911. The lowest BCUT2D eigenvalue weighted by atomic mass is 10.1. The number of hydrogen-bond acceptors (Lipinski definition) is 3. The molecule has 1 aromatic carbocycles. The molecule has 0 radical (unpaired) electrons. The lowest BCUT2D eigenvalue weighted by Crippen LogP contribution is -2.31. The fraction of sp³-hybridized carbons (Fsp3) is 0.400. The number of carboxylic acid groups (broad SMARTS) is 1. The molecule has 2 rings (SSSR count). The summed E-state index contributed by atoms with van der Waals surface area (Å²) in [4.78, 5) is 13.0. The first-order valence-electron chi connectivity index (χ1n) is 6.40. The van der Waals surface area contributed by atoms with Crippen LogP contribution in [0.5, 0.6) is 0 Å². The Kier molecular flexibility index (Phi) is 4.53. The minimum Gasteiger partial charge on any atom is -0.478 e. The van der Waals surface area contributed by atoms with E-state index >= 15 is 0 Å². The fourth-order valence-electron chi connectivity index (χ4n) is 2.31. The van der Waals surface area contributed by atoms with Crippen molar-refractivity contribution >= 4 is 29.5 Å². The van der Waals surface area contributed by atoms with Gasteiger partial charge >= 0.3 is 5.97 Å². The summed E-state index contributed by atoms with van der Waals surface area (Å²) in [5.74, 6) is 1.44. The zero-order valence-electron chi connectivity index (χ0n) is 11.3. The van der Waals surface area contributed by atoms with E-state index in [4.69, 9.17) is 5.11 Å². The molecule has 1 atom stereocenters. The lowest BCUT2D eigenvalue weighted by molar-refractivity contribution is -0.131. The summed E-state index contributed by atoms with van der Waals surface area (Å²) >= 11 is 1.98. The average Bonchev–Trinajstić information content (AvgIpc) is 2.89. The lowest BCUT2D eigenvalue weighted by Gasteiger charge is -2.28. The monoisotopic (exact) mass is 277 g/mol. The number of carbonyl (C=O) groups is 1. The van der Waals surface area contributed by atoms with Crippen molar-refractivity contribution in [1.82, 2.24) is 0 Å². The molecule has 1 unspecified atom stereocenters. The van der Waals surface area contributed by atoms with Gasteiger partial charge in [0, 0.05) is 30.6 Å². The number of aliphatic carboxylic acids is 1. The summed E-state index contributed by atoms with van der Waals surface area (Å²) < 4.78 is 0. The normalized spacial score (nSPS) is 18.9. The van der Waals surface area contributed by atoms with E-state index in [9.17, 15) is 4.79 Å². The predicted molar refractivity (Wildman–Crippen MR) is 82.0 cm³/mol. The molecule has 1 aliphatic heterocycles. The Morgan fingerprint density at radius 1 is 1.53 bits per heavy atom. The largest absolute Gasteiger partial charge is 0.478 e. The van der Waals surface area contributed by atoms with Gasteiger partial charge in [0.2, 0.25) is 0 Å². The van der Waals surface area contributed by atoms with Crippen molar-refractivity contribution < 1.29 is 9.90 Å². The molecule has 0 amide bonds. The van der Waals surface area contributed by atoms with Crippen LogP contribution in [0.4, 0.5) is 5.69 Å². The van der Waals surface area contributed by atoms with Gasteiger partial charge in [0.05, 0.1) is 0 Å². The van der Waals surface area contributed by atoms with Crippen LogP contribution < -0.4 is 4.90 Å². The highest BCUT2D eigenvalue weighted by atomic mass is 32.2. The van der Waals surface area contributed by atoms with Gasteiger partial charge in [0.15, 0.2) is 0 Å². The predicted octanol–water partition coefficient (Wildman–Crippen LogP) is 3.03. The Labute approximate surface area is 118 Å². The third-order valence-electron chi connectivity index (χ3n) is 3.42. The molecule has 3 nitrogen and oxygen atoms in total. The van der Waals surface area contributed by atoms with Crippen LogP contribution in [0.2, 0.25) is 0 Å². The molecule has 19 heavy (non-hydrogen) atoms. The summed E-state index contributed by atoms with van der Waals surface area (Å²) in [6.07, 6.45) is 4.08. The molecule has 0 saturated carbocycles. The van der Waals surface area contributed by atoms with E-state index in [0.29, 0.717) is 6.04 Å². The topological polar surface area (TPSA) is 40.5 Å². The maximum absolute atomic E-state index is 10.7. The first kappa shape index (κ1) is 14.0. The number of benzene rings is 1. The molecule has 1 fully saturated rings. The molecule has 1 saturated heterocycles. The second-order valence-electron chi connectivity index (χ2n) is 4.86. The number of carboxylic acids is 1. The smallest absolute Gasteiger partial charge is 0.328 e. The molecule has 1 aliphatic rings. The molecule has 1 N–H and O–H groups in total. The van der Waals surface area contributed by atoms with Gasteiger partial charge in [-0.05, 0) is 42.9 Å². The van der Waals surface area contributed by atoms with Gasteiger partial charge in [-0.3, -0.25) is 0 Å². The molecule has 4 heteroatoms. The van der Waals surface area contributed by atoms with Crippen LogP contribution in [0, 0.1) is 6.92 Å². The summed E-state index contributed by atoms with van der Waals surface area (Å²) in [5, 5.41) is 8.78. The van der Waals surface area contributed by atoms with Gasteiger partial charge in [-0.15, -0.1) is 0 Å². The van der Waals surface area contributed by atoms with Crippen molar-refractivity contribution in [3.05, 3.63) is 35.4 Å². The van der Waals surface area contributed by atoms with Crippen LogP contribution in [0.25, 0.3) is 6.08 Å². The highest BCUT2D eigenvalue weighted by Gasteiger charge is 2.21. The van der Waals surface area contributed by atoms with E-state index in [1.807, 2.05) is 24.8 Å². The number of anilines is 1. The van der Waals surface area contributed by atoms with Gasteiger partial charge < -0.3 is 10.0 Å². The first-order chi connectivity index (χ1) is 9.08. The summed E-state index contributed by atoms with van der Waals surface area (Å²) in [6, 6.07) is 6.74. The highest BCUT2D eigenvalue weighted by molar-refractivity contribution is 7.99. The SMILES string of the molecule is Cc1ccc(N(C)C2CCSC2)c(/C=C/C(=O)O)c1. The van der Waals surface area contributed by atoms with E-state index in [0.717, 1.165) is 22.6 Å². The molecule has 0 aromatic heterocycles.